The van der Waals surface area contributed by atoms with Crippen molar-refractivity contribution in [1.29, 1.82) is 0 Å². The van der Waals surface area contributed by atoms with E-state index >= 15 is 14.4 Å². The Balaban J connectivity index is 0.855. The van der Waals surface area contributed by atoms with Gasteiger partial charge in [-0.05, 0) is 171 Å². The van der Waals surface area contributed by atoms with Crippen LogP contribution in [0.4, 0.5) is 0 Å². The second-order valence-corrected chi connectivity index (χ2v) is 30.1. The third-order valence-electron chi connectivity index (χ3n) is 27.3. The lowest BCUT2D eigenvalue weighted by Crippen LogP contribution is -2.82. The first-order valence-electron chi connectivity index (χ1n) is 32.1. The highest BCUT2D eigenvalue weighted by Gasteiger charge is 2.99. The molecule has 0 unspecified atom stereocenters. The number of nitrogens with one attached hydrogen (secondary N) is 1. The van der Waals surface area contributed by atoms with Crippen LogP contribution in [0.5, 0.6) is 0 Å². The van der Waals surface area contributed by atoms with E-state index < -0.39 is 86.6 Å². The van der Waals surface area contributed by atoms with Crippen LogP contribution >= 0.6 is 0 Å². The van der Waals surface area contributed by atoms with Crippen LogP contribution in [0.3, 0.4) is 0 Å². The molecule has 15 aliphatic rings. The fourth-order valence-corrected chi connectivity index (χ4v) is 25.0. The van der Waals surface area contributed by atoms with Crippen LogP contribution in [-0.2, 0) is 46.2 Å². The van der Waals surface area contributed by atoms with Crippen LogP contribution < -0.4 is 5.32 Å². The minimum absolute atomic E-state index is 0.0390. The fraction of sp³-hybridized carbons (Fsp3) is 0.721. The number of hydrogen-bond donors (Lipinski definition) is 4. The molecule has 4 N–H and O–H groups in total. The van der Waals surface area contributed by atoms with E-state index in [0.29, 0.717) is 42.9 Å². The second-order valence-electron chi connectivity index (χ2n) is 30.1. The molecular formula is C68H84N2O11. The van der Waals surface area contributed by atoms with E-state index in [4.69, 9.17) is 23.4 Å². The van der Waals surface area contributed by atoms with Gasteiger partial charge in [0.2, 0.25) is 0 Å². The number of nitrogens with zero attached hydrogens (tertiary/aromatic N) is 1. The molecule has 7 aliphatic heterocycles. The molecule has 1 aromatic heterocycles. The average molecular weight is 1110 g/mol. The van der Waals surface area contributed by atoms with Crippen LogP contribution in [0.25, 0.3) is 0 Å². The molecule has 8 heterocycles. The second kappa shape index (κ2) is 17.3. The lowest BCUT2D eigenvalue weighted by Gasteiger charge is -2.73. The maximum absolute atomic E-state index is 17.3. The summed E-state index contributed by atoms with van der Waals surface area (Å²) in [5.41, 5.74) is -4.10. The molecule has 25 atom stereocenters. The highest BCUT2D eigenvalue weighted by atomic mass is 16.7. The summed E-state index contributed by atoms with van der Waals surface area (Å²) in [4.78, 5) is 50.9. The van der Waals surface area contributed by atoms with Crippen molar-refractivity contribution in [2.45, 2.75) is 171 Å². The number of benzene rings is 1. The third-order valence-corrected chi connectivity index (χ3v) is 27.3. The SMILES string of the molecule is CC(C)[C@H]1C=CC[C@]23O[C@]45C(=C[C@H]12)C[C@@H]1CCC[C@]12C[C@@H]1C[C@@]6(C)[C@H](c7ccoc7C[C@@H]([C@H]7CC[C@H]8[C@H](C=CN9CNC[C@H]89)C7)[C@H](O)CO)OC(=O)[C@H]7O[C@]76[C@]6([C@H]7CCC[C@H](Cc8ccccc8)C7)[C@H](O)C(=O)[C@H]3[C@@]4(COC(=O)[C@@H]25)[C@@H]16. The summed E-state index contributed by atoms with van der Waals surface area (Å²) in [5.74, 6) is -1.04. The van der Waals surface area contributed by atoms with Gasteiger partial charge in [0.1, 0.15) is 35.8 Å². The molecule has 81 heavy (non-hydrogen) atoms. The van der Waals surface area contributed by atoms with Gasteiger partial charge < -0.3 is 43.6 Å². The number of carbonyl (C=O) groups is 3. The highest BCUT2D eigenvalue weighted by Crippen LogP contribution is 2.90. The van der Waals surface area contributed by atoms with Crippen LogP contribution in [0.15, 0.2) is 83.2 Å². The molecule has 432 valence electrons. The number of hydrogen-bond acceptors (Lipinski definition) is 13. The maximum Gasteiger partial charge on any atom is 0.339 e. The lowest BCUT2D eigenvalue weighted by molar-refractivity contribution is -0.301. The number of cyclic esters (lactones) is 2. The Morgan fingerprint density at radius 2 is 1.78 bits per heavy atom. The number of furan rings is 1. The predicted molar refractivity (Wildman–Crippen MR) is 296 cm³/mol. The molecule has 8 aliphatic carbocycles. The number of aliphatic hydroxyl groups excluding tert-OH is 3. The molecule has 13 heteroatoms. The standard InChI is InChI=1S/C68H84N2O11/c1-36(2)45-15-9-21-65-49(45)28-44-27-42-14-8-20-63(42)31-41-30-62(3)58(47-19-23-77-52(47)29-48(51(72)33-71)39-16-17-46-40(26-39)18-22-70-35-69-32-50(46)70)79-61(76)59-68(62,80-59)66(43-13-7-12-38(25-43)24-37-10-5-4-6-11-37)54(41)64(55(65)53(73)57(66)74)34-78-60(75)56(63)67(44,64)81-65/h4-6,9-11,15,18-19,22-23,28,36,38-43,45-46,48-51,54-59,69,71-72,74H,7-8,12-14,16-17,20-21,24-27,29-35H2,1-3H3/t38-,39+,40-,41+,42+,43+,45-,46+,48+,49-,50-,51-,54-,55+,56+,57-,58+,59-,62+,63+,64-,65+,66+,67+,68-/m1/s1. The van der Waals surface area contributed by atoms with E-state index in [1.165, 1.54) is 11.1 Å². The molecule has 17 rings (SSSR count). The largest absolute Gasteiger partial charge is 0.469 e. The van der Waals surface area contributed by atoms with Crippen LogP contribution in [-0.4, -0.2) is 106 Å². The van der Waals surface area contributed by atoms with Crippen LogP contribution in [0.1, 0.15) is 134 Å². The Kier molecular flexibility index (Phi) is 11.0. The zero-order chi connectivity index (χ0) is 55.0. The minimum atomic E-state index is -1.51. The van der Waals surface area contributed by atoms with Crippen molar-refractivity contribution in [2.24, 2.45) is 105 Å². The van der Waals surface area contributed by atoms with Crippen molar-refractivity contribution in [3.63, 3.8) is 0 Å². The molecule has 5 bridgehead atoms. The van der Waals surface area contributed by atoms with Gasteiger partial charge in [-0.2, -0.15) is 0 Å². The van der Waals surface area contributed by atoms with E-state index in [2.05, 4.69) is 91.8 Å². The number of ketones is 1. The number of allylic oxidation sites excluding steroid dienone is 2. The Hall–Kier alpha value is -4.11. The smallest absolute Gasteiger partial charge is 0.339 e. The number of rotatable bonds is 10. The first-order chi connectivity index (χ1) is 39.2. The predicted octanol–water partition coefficient (Wildman–Crippen LogP) is 8.61. The van der Waals surface area contributed by atoms with E-state index in [-0.39, 0.29) is 78.2 Å². The van der Waals surface area contributed by atoms with Gasteiger partial charge in [-0.1, -0.05) is 94.7 Å². The number of carbonyl (C=O) groups excluding carboxylic acids is 3. The van der Waals surface area contributed by atoms with Crippen molar-refractivity contribution < 1.29 is 53.1 Å². The molecule has 0 amide bonds. The first-order valence-corrected chi connectivity index (χ1v) is 32.1. The van der Waals surface area contributed by atoms with Gasteiger partial charge in [-0.25, -0.2) is 4.79 Å². The molecule has 5 spiro atoms. The Labute approximate surface area is 476 Å². The zero-order valence-corrected chi connectivity index (χ0v) is 47.6. The van der Waals surface area contributed by atoms with E-state index in [1.54, 1.807) is 6.26 Å². The third kappa shape index (κ3) is 6.04. The van der Waals surface area contributed by atoms with Crippen molar-refractivity contribution >= 4 is 17.7 Å². The zero-order valence-electron chi connectivity index (χ0n) is 47.6. The summed E-state index contributed by atoms with van der Waals surface area (Å²) in [6.45, 7) is 8.31. The van der Waals surface area contributed by atoms with E-state index in [9.17, 15) is 15.3 Å². The van der Waals surface area contributed by atoms with Crippen molar-refractivity contribution in [3.05, 3.63) is 95.6 Å². The first kappa shape index (κ1) is 51.3. The van der Waals surface area contributed by atoms with Crippen LogP contribution in [0.2, 0.25) is 0 Å². The van der Waals surface area contributed by atoms with E-state index in [1.807, 2.05) is 6.07 Å². The van der Waals surface area contributed by atoms with Crippen molar-refractivity contribution in [1.82, 2.24) is 10.2 Å². The number of Topliss-reactive ketones (excluding diaryl/α,β-unsaturated/α-hetero) is 1. The summed E-state index contributed by atoms with van der Waals surface area (Å²) in [6.07, 6.45) is 22.1. The average Bonchev–Trinajstić information content (AvgIpc) is 3.14. The van der Waals surface area contributed by atoms with Crippen LogP contribution in [0, 0.1) is 105 Å². The number of fused-ring (bicyclic) bond motifs is 3. The summed E-state index contributed by atoms with van der Waals surface area (Å²) in [7, 11) is 0. The monoisotopic (exact) mass is 1100 g/mol. The number of aliphatic hydroxyl groups is 3. The Bertz CT molecular complexity index is 3060. The molecule has 5 saturated heterocycles. The number of esters is 2. The molecule has 7 saturated carbocycles. The summed E-state index contributed by atoms with van der Waals surface area (Å²) in [6, 6.07) is 13.1. The highest BCUT2D eigenvalue weighted by molar-refractivity contribution is 5.94. The van der Waals surface area contributed by atoms with Gasteiger partial charge in [-0.3, -0.25) is 14.9 Å². The maximum atomic E-state index is 17.3. The number of ether oxygens (including phenoxy) is 4. The van der Waals surface area contributed by atoms with Gasteiger partial charge in [0.15, 0.2) is 11.9 Å². The van der Waals surface area contributed by atoms with Gasteiger partial charge in [0, 0.05) is 41.3 Å². The quantitative estimate of drug-likeness (QED) is 0.101. The normalized spacial score (nSPS) is 51.3. The number of epoxide rings is 1. The van der Waals surface area contributed by atoms with Crippen molar-refractivity contribution in [3.8, 4) is 0 Å². The lowest BCUT2D eigenvalue weighted by atomic mass is 9.29. The molecule has 0 radical (unpaired) electrons. The van der Waals surface area contributed by atoms with Gasteiger partial charge >= 0.3 is 11.9 Å². The molecule has 13 nitrogen and oxygen atoms in total. The molecule has 1 aromatic carbocycles. The summed E-state index contributed by atoms with van der Waals surface area (Å²) >= 11 is 0. The van der Waals surface area contributed by atoms with Gasteiger partial charge in [-0.15, -0.1) is 0 Å². The van der Waals surface area contributed by atoms with Gasteiger partial charge in [0.25, 0.3) is 0 Å². The Morgan fingerprint density at radius 1 is 0.926 bits per heavy atom. The van der Waals surface area contributed by atoms with E-state index in [0.717, 1.165) is 102 Å². The van der Waals surface area contributed by atoms with Crippen molar-refractivity contribution in [2.75, 3.05) is 26.4 Å². The topological polar surface area (TPSA) is 181 Å². The molecule has 12 fully saturated rings. The summed E-state index contributed by atoms with van der Waals surface area (Å²) in [5, 5.41) is 40.9. The molecular weight excluding hydrogens is 1020 g/mol. The minimum Gasteiger partial charge on any atom is -0.469 e. The summed E-state index contributed by atoms with van der Waals surface area (Å²) < 4.78 is 36.5. The molecule has 2 aromatic rings. The Morgan fingerprint density at radius 3 is 2.62 bits per heavy atom. The fourth-order valence-electron chi connectivity index (χ4n) is 25.0. The van der Waals surface area contributed by atoms with Gasteiger partial charge in [0.05, 0.1) is 48.5 Å².